The quantitative estimate of drug-likeness (QED) is 0.790. The maximum absolute atomic E-state index is 13.0. The van der Waals surface area contributed by atoms with E-state index in [1.165, 1.54) is 0 Å². The number of amides is 2. The van der Waals surface area contributed by atoms with Crippen molar-refractivity contribution < 1.29 is 13.9 Å². The first-order chi connectivity index (χ1) is 11.3. The van der Waals surface area contributed by atoms with Crippen LogP contribution in [-0.2, 0) is 10.2 Å². The third kappa shape index (κ3) is 3.43. The van der Waals surface area contributed by atoms with Crippen LogP contribution in [0.3, 0.4) is 0 Å². The molecule has 0 aliphatic carbocycles. The number of hydrogen-bond donors (Lipinski definition) is 0. The van der Waals surface area contributed by atoms with Gasteiger partial charge in [0.2, 0.25) is 5.89 Å². The summed E-state index contributed by atoms with van der Waals surface area (Å²) in [7, 11) is 0. The number of rotatable bonds is 1. The van der Waals surface area contributed by atoms with Crippen LogP contribution in [0.1, 0.15) is 65.1 Å². The van der Waals surface area contributed by atoms with Gasteiger partial charge in [-0.25, -0.2) is 9.78 Å². The molecule has 3 atom stereocenters. The Kier molecular flexibility index (Phi) is 4.60. The zero-order valence-electron chi connectivity index (χ0n) is 15.4. The standard InChI is InChI=1S/C18H29N3O3/c1-12-9-20(10-13(2)24-12)17(22)21-8-6-7-14(21)16-19-15(11-23-16)18(3,4)5/h11-14H,6-10H2,1-5H3/t12-,13+,14-/m1/s1. The summed E-state index contributed by atoms with van der Waals surface area (Å²) in [4.78, 5) is 21.5. The van der Waals surface area contributed by atoms with Crippen LogP contribution < -0.4 is 0 Å². The zero-order valence-corrected chi connectivity index (χ0v) is 15.4. The van der Waals surface area contributed by atoms with Crippen molar-refractivity contribution in [3.63, 3.8) is 0 Å². The summed E-state index contributed by atoms with van der Waals surface area (Å²) in [5, 5.41) is 0. The van der Waals surface area contributed by atoms with Gasteiger partial charge in [-0.2, -0.15) is 0 Å². The molecule has 0 unspecified atom stereocenters. The van der Waals surface area contributed by atoms with Gasteiger partial charge < -0.3 is 19.0 Å². The molecule has 0 bridgehead atoms. The highest BCUT2D eigenvalue weighted by molar-refractivity contribution is 5.75. The normalized spacial score (nSPS) is 28.5. The number of nitrogens with zero attached hydrogens (tertiary/aromatic N) is 3. The molecule has 1 aromatic rings. The highest BCUT2D eigenvalue weighted by atomic mass is 16.5. The lowest BCUT2D eigenvalue weighted by molar-refractivity contribution is -0.0587. The first-order valence-corrected chi connectivity index (χ1v) is 8.92. The van der Waals surface area contributed by atoms with E-state index >= 15 is 0 Å². The van der Waals surface area contributed by atoms with Gasteiger partial charge in [0.15, 0.2) is 0 Å². The Morgan fingerprint density at radius 3 is 2.50 bits per heavy atom. The van der Waals surface area contributed by atoms with Crippen LogP contribution in [0.5, 0.6) is 0 Å². The molecule has 6 nitrogen and oxygen atoms in total. The SMILES string of the molecule is C[C@@H]1CN(C(=O)N2CCC[C@@H]2c2nc(C(C)(C)C)co2)C[C@H](C)O1. The fourth-order valence-electron chi connectivity index (χ4n) is 3.55. The van der Waals surface area contributed by atoms with Crippen LogP contribution in [0, 0.1) is 0 Å². The van der Waals surface area contributed by atoms with Crippen molar-refractivity contribution in [2.75, 3.05) is 19.6 Å². The van der Waals surface area contributed by atoms with E-state index in [1.807, 2.05) is 23.6 Å². The lowest BCUT2D eigenvalue weighted by atomic mass is 9.93. The molecule has 3 heterocycles. The number of ether oxygens (including phenoxy) is 1. The molecule has 2 saturated heterocycles. The molecule has 2 amide bonds. The Hall–Kier alpha value is -1.56. The summed E-state index contributed by atoms with van der Waals surface area (Å²) in [6.07, 6.45) is 3.78. The van der Waals surface area contributed by atoms with Crippen LogP contribution in [-0.4, -0.2) is 52.7 Å². The Bertz CT molecular complexity index is 583. The van der Waals surface area contributed by atoms with E-state index < -0.39 is 0 Å². The summed E-state index contributed by atoms with van der Waals surface area (Å²) in [5.74, 6) is 0.667. The summed E-state index contributed by atoms with van der Waals surface area (Å²) in [6.45, 7) is 12.4. The molecular weight excluding hydrogens is 306 g/mol. The van der Waals surface area contributed by atoms with Gasteiger partial charge in [0.25, 0.3) is 0 Å². The van der Waals surface area contributed by atoms with Gasteiger partial charge in [-0.3, -0.25) is 0 Å². The molecule has 2 aliphatic rings. The average molecular weight is 335 g/mol. The third-order valence-corrected chi connectivity index (χ3v) is 4.76. The van der Waals surface area contributed by atoms with E-state index in [0.29, 0.717) is 19.0 Å². The first-order valence-electron chi connectivity index (χ1n) is 8.92. The molecule has 2 aliphatic heterocycles. The minimum Gasteiger partial charge on any atom is -0.446 e. The van der Waals surface area contributed by atoms with Crippen molar-refractivity contribution >= 4 is 6.03 Å². The number of likely N-dealkylation sites (tertiary alicyclic amines) is 1. The maximum Gasteiger partial charge on any atom is 0.320 e. The fraction of sp³-hybridized carbons (Fsp3) is 0.778. The zero-order chi connectivity index (χ0) is 17.5. The van der Waals surface area contributed by atoms with E-state index in [2.05, 4.69) is 25.8 Å². The minimum atomic E-state index is -0.0537. The van der Waals surface area contributed by atoms with Crippen molar-refractivity contribution in [3.05, 3.63) is 17.8 Å². The molecule has 24 heavy (non-hydrogen) atoms. The topological polar surface area (TPSA) is 58.8 Å². The number of morpholine rings is 1. The van der Waals surface area contributed by atoms with Crippen LogP contribution >= 0.6 is 0 Å². The van der Waals surface area contributed by atoms with Gasteiger partial charge in [-0.05, 0) is 26.7 Å². The highest BCUT2D eigenvalue weighted by Crippen LogP contribution is 2.34. The lowest BCUT2D eigenvalue weighted by Crippen LogP contribution is -2.52. The van der Waals surface area contributed by atoms with Gasteiger partial charge in [0, 0.05) is 25.0 Å². The Balaban J connectivity index is 1.75. The number of carbonyl (C=O) groups is 1. The molecule has 3 rings (SSSR count). The first kappa shape index (κ1) is 17.3. The molecule has 2 fully saturated rings. The lowest BCUT2D eigenvalue weighted by Gasteiger charge is -2.38. The van der Waals surface area contributed by atoms with Crippen molar-refractivity contribution in [1.29, 1.82) is 0 Å². The van der Waals surface area contributed by atoms with E-state index in [4.69, 9.17) is 9.15 Å². The van der Waals surface area contributed by atoms with Gasteiger partial charge in [0.05, 0.1) is 17.9 Å². The average Bonchev–Trinajstić information content (AvgIpc) is 3.13. The van der Waals surface area contributed by atoms with Crippen molar-refractivity contribution in [2.45, 2.75) is 71.1 Å². The van der Waals surface area contributed by atoms with Crippen molar-refractivity contribution in [1.82, 2.24) is 14.8 Å². The van der Waals surface area contributed by atoms with Gasteiger partial charge >= 0.3 is 6.03 Å². The predicted molar refractivity (Wildman–Crippen MR) is 90.9 cm³/mol. The second-order valence-electron chi connectivity index (χ2n) is 8.12. The molecule has 0 saturated carbocycles. The third-order valence-electron chi connectivity index (χ3n) is 4.76. The number of oxazole rings is 1. The monoisotopic (exact) mass is 335 g/mol. The predicted octanol–water partition coefficient (Wildman–Crippen LogP) is 3.34. The summed E-state index contributed by atoms with van der Waals surface area (Å²) >= 11 is 0. The molecule has 6 heteroatoms. The highest BCUT2D eigenvalue weighted by Gasteiger charge is 2.38. The van der Waals surface area contributed by atoms with Gasteiger partial charge in [-0.15, -0.1) is 0 Å². The molecule has 0 spiro atoms. The van der Waals surface area contributed by atoms with Gasteiger partial charge in [-0.1, -0.05) is 20.8 Å². The fourth-order valence-corrected chi connectivity index (χ4v) is 3.55. The van der Waals surface area contributed by atoms with Crippen LogP contribution in [0.15, 0.2) is 10.7 Å². The van der Waals surface area contributed by atoms with Crippen LogP contribution in [0.25, 0.3) is 0 Å². The number of urea groups is 1. The number of carbonyl (C=O) groups excluding carboxylic acids is 1. The Labute approximate surface area is 144 Å². The molecule has 0 aromatic carbocycles. The number of aromatic nitrogens is 1. The minimum absolute atomic E-state index is 0.0513. The van der Waals surface area contributed by atoms with Crippen LogP contribution in [0.2, 0.25) is 0 Å². The summed E-state index contributed by atoms with van der Waals surface area (Å²) < 4.78 is 11.5. The Morgan fingerprint density at radius 1 is 1.25 bits per heavy atom. The largest absolute Gasteiger partial charge is 0.446 e. The summed E-state index contributed by atoms with van der Waals surface area (Å²) in [6, 6.07) is 0.0251. The maximum atomic E-state index is 13.0. The molecule has 1 aromatic heterocycles. The van der Waals surface area contributed by atoms with Gasteiger partial charge in [0.1, 0.15) is 12.3 Å². The van der Waals surface area contributed by atoms with E-state index in [9.17, 15) is 4.79 Å². The second kappa shape index (κ2) is 6.39. The molecule has 0 N–H and O–H groups in total. The van der Waals surface area contributed by atoms with E-state index in [-0.39, 0.29) is 29.7 Å². The van der Waals surface area contributed by atoms with Crippen molar-refractivity contribution in [2.24, 2.45) is 0 Å². The molecule has 134 valence electrons. The second-order valence-corrected chi connectivity index (χ2v) is 8.12. The number of hydrogen-bond acceptors (Lipinski definition) is 4. The van der Waals surface area contributed by atoms with E-state index in [1.54, 1.807) is 6.26 Å². The van der Waals surface area contributed by atoms with E-state index in [0.717, 1.165) is 25.1 Å². The summed E-state index contributed by atoms with van der Waals surface area (Å²) in [5.41, 5.74) is 0.884. The smallest absolute Gasteiger partial charge is 0.320 e. The van der Waals surface area contributed by atoms with Crippen LogP contribution in [0.4, 0.5) is 4.79 Å². The molecule has 0 radical (unpaired) electrons. The molecular formula is C18H29N3O3. The Morgan fingerprint density at radius 2 is 1.92 bits per heavy atom. The van der Waals surface area contributed by atoms with Crippen molar-refractivity contribution in [3.8, 4) is 0 Å².